The molecule has 0 aliphatic carbocycles. The maximum Gasteiger partial charge on any atom is 0.252 e. The Labute approximate surface area is 93.5 Å². The molecule has 1 N–H and O–H groups in total. The van der Waals surface area contributed by atoms with Crippen molar-refractivity contribution < 1.29 is 4.79 Å². The Balaban J connectivity index is 3.00. The molecule has 0 unspecified atom stereocenters. The molecule has 0 saturated carbocycles. The van der Waals surface area contributed by atoms with Crippen molar-refractivity contribution in [1.29, 1.82) is 0 Å². The number of pyridine rings is 2. The van der Waals surface area contributed by atoms with Gasteiger partial charge in [0.25, 0.3) is 5.56 Å². The van der Waals surface area contributed by atoms with Crippen molar-refractivity contribution >= 4 is 33.2 Å². The first-order chi connectivity index (χ1) is 7.13. The molecular formula is C10H7BrN2O2. The van der Waals surface area contributed by atoms with Gasteiger partial charge in [-0.2, -0.15) is 0 Å². The normalized spacial score (nSPS) is 10.5. The Morgan fingerprint density at radius 1 is 1.53 bits per heavy atom. The van der Waals surface area contributed by atoms with Gasteiger partial charge in [-0.1, -0.05) is 0 Å². The molecule has 0 radical (unpaired) electrons. The molecule has 5 heteroatoms. The summed E-state index contributed by atoms with van der Waals surface area (Å²) in [5, 5.41) is 0. The molecule has 0 aliphatic rings. The van der Waals surface area contributed by atoms with Gasteiger partial charge < -0.3 is 4.98 Å². The molecule has 0 atom stereocenters. The molecule has 2 aromatic rings. The van der Waals surface area contributed by atoms with Gasteiger partial charge in [-0.15, -0.1) is 0 Å². The summed E-state index contributed by atoms with van der Waals surface area (Å²) in [6.07, 6.45) is 2.25. The average molecular weight is 267 g/mol. The van der Waals surface area contributed by atoms with Crippen molar-refractivity contribution in [2.24, 2.45) is 0 Å². The predicted molar refractivity (Wildman–Crippen MR) is 60.2 cm³/mol. The van der Waals surface area contributed by atoms with E-state index in [-0.39, 0.29) is 5.56 Å². The van der Waals surface area contributed by atoms with E-state index >= 15 is 0 Å². The van der Waals surface area contributed by atoms with E-state index in [4.69, 9.17) is 0 Å². The Bertz CT molecular complexity index is 604. The summed E-state index contributed by atoms with van der Waals surface area (Å²) in [6.45, 7) is 1.60. The number of fused-ring (bicyclic) bond motifs is 1. The minimum absolute atomic E-state index is 0.260. The van der Waals surface area contributed by atoms with Crippen LogP contribution in [-0.2, 0) is 0 Å². The van der Waals surface area contributed by atoms with E-state index in [9.17, 15) is 9.59 Å². The van der Waals surface area contributed by atoms with E-state index in [0.717, 1.165) is 4.47 Å². The number of aldehydes is 1. The fraction of sp³-hybridized carbons (Fsp3) is 0.100. The molecule has 2 rings (SSSR count). The number of nitrogens with one attached hydrogen (secondary N) is 1. The number of carbonyl (C=O) groups is 1. The van der Waals surface area contributed by atoms with Gasteiger partial charge in [0.2, 0.25) is 0 Å². The van der Waals surface area contributed by atoms with Crippen molar-refractivity contribution in [2.75, 3.05) is 0 Å². The summed E-state index contributed by atoms with van der Waals surface area (Å²) >= 11 is 3.25. The van der Waals surface area contributed by atoms with Crippen molar-refractivity contribution in [3.05, 3.63) is 38.2 Å². The van der Waals surface area contributed by atoms with Gasteiger partial charge in [0.15, 0.2) is 6.29 Å². The predicted octanol–water partition coefficient (Wildman–Crippen LogP) is 1.81. The van der Waals surface area contributed by atoms with E-state index < -0.39 is 0 Å². The molecule has 0 saturated heterocycles. The number of hydrogen-bond donors (Lipinski definition) is 1. The van der Waals surface area contributed by atoms with Crippen LogP contribution in [-0.4, -0.2) is 16.3 Å². The van der Waals surface area contributed by atoms with Crippen LogP contribution in [0.15, 0.2) is 21.5 Å². The van der Waals surface area contributed by atoms with E-state index in [2.05, 4.69) is 25.9 Å². The van der Waals surface area contributed by atoms with Crippen molar-refractivity contribution in [1.82, 2.24) is 9.97 Å². The lowest BCUT2D eigenvalue weighted by molar-refractivity contribution is 0.112. The molecule has 0 amide bonds. The highest BCUT2D eigenvalue weighted by atomic mass is 79.9. The zero-order valence-electron chi connectivity index (χ0n) is 7.87. The van der Waals surface area contributed by atoms with E-state index in [1.54, 1.807) is 19.2 Å². The van der Waals surface area contributed by atoms with E-state index in [1.807, 2.05) is 0 Å². The van der Waals surface area contributed by atoms with Gasteiger partial charge in [0, 0.05) is 16.2 Å². The summed E-state index contributed by atoms with van der Waals surface area (Å²) in [4.78, 5) is 29.1. The van der Waals surface area contributed by atoms with Gasteiger partial charge in [-0.3, -0.25) is 14.6 Å². The molecule has 0 bridgehead atoms. The Hall–Kier alpha value is -1.49. The van der Waals surface area contributed by atoms with Crippen LogP contribution in [0.4, 0.5) is 0 Å². The summed E-state index contributed by atoms with van der Waals surface area (Å²) in [5.74, 6) is 0. The van der Waals surface area contributed by atoms with Crippen LogP contribution in [0.5, 0.6) is 0 Å². The molecule has 2 aromatic heterocycles. The van der Waals surface area contributed by atoms with Crippen LogP contribution in [0.2, 0.25) is 0 Å². The van der Waals surface area contributed by atoms with Crippen molar-refractivity contribution in [3.63, 3.8) is 0 Å². The lowest BCUT2D eigenvalue weighted by atomic mass is 10.1. The summed E-state index contributed by atoms with van der Waals surface area (Å²) in [7, 11) is 0. The number of halogens is 1. The highest BCUT2D eigenvalue weighted by Crippen LogP contribution is 2.17. The minimum atomic E-state index is -0.260. The Kier molecular flexibility index (Phi) is 2.40. The SMILES string of the molecule is Cc1c(C=O)c2ncc(Br)cc2[nH]c1=O. The first kappa shape index (κ1) is 10.0. The largest absolute Gasteiger partial charge is 0.320 e. The quantitative estimate of drug-likeness (QED) is 0.801. The topological polar surface area (TPSA) is 62.8 Å². The lowest BCUT2D eigenvalue weighted by Crippen LogP contribution is -2.13. The second-order valence-electron chi connectivity index (χ2n) is 3.16. The number of nitrogens with zero attached hydrogens (tertiary/aromatic N) is 1. The minimum Gasteiger partial charge on any atom is -0.320 e. The molecule has 15 heavy (non-hydrogen) atoms. The highest BCUT2D eigenvalue weighted by Gasteiger charge is 2.09. The number of H-pyrrole nitrogens is 1. The third-order valence-corrected chi connectivity index (χ3v) is 2.65. The van der Waals surface area contributed by atoms with Gasteiger partial charge in [0.1, 0.15) is 0 Å². The highest BCUT2D eigenvalue weighted by molar-refractivity contribution is 9.10. The van der Waals surface area contributed by atoms with Crippen LogP contribution in [0.25, 0.3) is 11.0 Å². The number of carbonyl (C=O) groups excluding carboxylic acids is 1. The zero-order chi connectivity index (χ0) is 11.0. The monoisotopic (exact) mass is 266 g/mol. The van der Waals surface area contributed by atoms with Crippen LogP contribution in [0.3, 0.4) is 0 Å². The number of hydrogen-bond acceptors (Lipinski definition) is 3. The van der Waals surface area contributed by atoms with Crippen molar-refractivity contribution in [2.45, 2.75) is 6.92 Å². The third-order valence-electron chi connectivity index (χ3n) is 2.22. The molecule has 2 heterocycles. The maximum absolute atomic E-state index is 11.5. The molecule has 76 valence electrons. The van der Waals surface area contributed by atoms with E-state index in [0.29, 0.717) is 28.4 Å². The van der Waals surface area contributed by atoms with Crippen LogP contribution in [0, 0.1) is 6.92 Å². The van der Waals surface area contributed by atoms with Crippen LogP contribution < -0.4 is 5.56 Å². The molecular weight excluding hydrogens is 260 g/mol. The molecule has 0 spiro atoms. The van der Waals surface area contributed by atoms with Gasteiger partial charge in [-0.25, -0.2) is 0 Å². The second-order valence-corrected chi connectivity index (χ2v) is 4.08. The zero-order valence-corrected chi connectivity index (χ0v) is 9.46. The molecule has 4 nitrogen and oxygen atoms in total. The van der Waals surface area contributed by atoms with Crippen molar-refractivity contribution in [3.8, 4) is 0 Å². The van der Waals surface area contributed by atoms with Crippen LogP contribution >= 0.6 is 15.9 Å². The number of rotatable bonds is 1. The van der Waals surface area contributed by atoms with Gasteiger partial charge in [-0.05, 0) is 28.9 Å². The Morgan fingerprint density at radius 2 is 2.27 bits per heavy atom. The Morgan fingerprint density at radius 3 is 2.93 bits per heavy atom. The number of aromatic nitrogens is 2. The second kappa shape index (κ2) is 3.58. The summed E-state index contributed by atoms with van der Waals surface area (Å²) in [6, 6.07) is 1.72. The van der Waals surface area contributed by atoms with Gasteiger partial charge >= 0.3 is 0 Å². The lowest BCUT2D eigenvalue weighted by Gasteiger charge is -2.03. The van der Waals surface area contributed by atoms with E-state index in [1.165, 1.54) is 0 Å². The summed E-state index contributed by atoms with van der Waals surface area (Å²) in [5.41, 5.74) is 1.56. The van der Waals surface area contributed by atoms with Gasteiger partial charge in [0.05, 0.1) is 16.6 Å². The number of aromatic amines is 1. The fourth-order valence-corrected chi connectivity index (χ4v) is 1.74. The first-order valence-electron chi connectivity index (χ1n) is 4.27. The summed E-state index contributed by atoms with van der Waals surface area (Å²) < 4.78 is 0.756. The molecule has 0 aliphatic heterocycles. The average Bonchev–Trinajstić information content (AvgIpc) is 2.20. The smallest absolute Gasteiger partial charge is 0.252 e. The molecule has 0 aromatic carbocycles. The first-order valence-corrected chi connectivity index (χ1v) is 5.06. The molecule has 0 fully saturated rings. The van der Waals surface area contributed by atoms with Crippen LogP contribution in [0.1, 0.15) is 15.9 Å². The standard InChI is InChI=1S/C10H7BrN2O2/c1-5-7(4-14)9-8(13-10(5)15)2-6(11)3-12-9/h2-4H,1H3,(H,13,15). The maximum atomic E-state index is 11.5. The third kappa shape index (κ3) is 1.59. The fourth-order valence-electron chi connectivity index (χ4n) is 1.41.